The van der Waals surface area contributed by atoms with Crippen molar-refractivity contribution in [2.75, 3.05) is 32.8 Å². The fourth-order valence-electron chi connectivity index (χ4n) is 6.03. The third-order valence-electron chi connectivity index (χ3n) is 7.91. The molecule has 0 radical (unpaired) electrons. The molecular weight excluding hydrogens is 408 g/mol. The van der Waals surface area contributed by atoms with Crippen molar-refractivity contribution in [2.45, 2.75) is 64.0 Å². The van der Waals surface area contributed by atoms with Crippen LogP contribution in [0, 0.1) is 12.8 Å². The Morgan fingerprint density at radius 2 is 1.76 bits per heavy atom. The van der Waals surface area contributed by atoms with Crippen molar-refractivity contribution in [1.29, 1.82) is 0 Å². The molecule has 4 nitrogen and oxygen atoms in total. The number of aryl methyl sites for hydroxylation is 1. The van der Waals surface area contributed by atoms with Crippen LogP contribution in [-0.2, 0) is 28.8 Å². The first-order valence-electron chi connectivity index (χ1n) is 12.9. The molecule has 2 heterocycles. The number of benzene rings is 2. The zero-order chi connectivity index (χ0) is 22.6. The van der Waals surface area contributed by atoms with Crippen LogP contribution in [0.4, 0.5) is 0 Å². The van der Waals surface area contributed by atoms with Crippen LogP contribution in [-0.4, -0.2) is 60.6 Å². The molecule has 4 heteroatoms. The summed E-state index contributed by atoms with van der Waals surface area (Å²) in [6.07, 6.45) is 7.67. The molecule has 33 heavy (non-hydrogen) atoms. The second kappa shape index (κ2) is 10.4. The maximum atomic E-state index is 13.3. The Balaban J connectivity index is 1.17. The summed E-state index contributed by atoms with van der Waals surface area (Å²) in [7, 11) is 0. The van der Waals surface area contributed by atoms with Crippen molar-refractivity contribution in [3.63, 3.8) is 0 Å². The monoisotopic (exact) mass is 446 g/mol. The van der Waals surface area contributed by atoms with Gasteiger partial charge in [0.25, 0.3) is 0 Å². The van der Waals surface area contributed by atoms with Gasteiger partial charge in [-0.15, -0.1) is 0 Å². The fourth-order valence-corrected chi connectivity index (χ4v) is 6.03. The number of hydrogen-bond donors (Lipinski definition) is 0. The van der Waals surface area contributed by atoms with Crippen molar-refractivity contribution in [3.8, 4) is 0 Å². The molecule has 0 aromatic heterocycles. The quantitative estimate of drug-likeness (QED) is 0.631. The average molecular weight is 447 g/mol. The zero-order valence-corrected chi connectivity index (χ0v) is 20.0. The van der Waals surface area contributed by atoms with Gasteiger partial charge in [0.15, 0.2) is 0 Å². The van der Waals surface area contributed by atoms with Crippen LogP contribution >= 0.6 is 0 Å². The molecule has 2 aromatic carbocycles. The highest BCUT2D eigenvalue weighted by Crippen LogP contribution is 2.29. The summed E-state index contributed by atoms with van der Waals surface area (Å²) in [6, 6.07) is 18.0. The molecule has 176 valence electrons. The first-order chi connectivity index (χ1) is 16.1. The Morgan fingerprint density at radius 1 is 1.00 bits per heavy atom. The molecule has 2 fully saturated rings. The minimum absolute atomic E-state index is 0.212. The topological polar surface area (TPSA) is 32.8 Å². The van der Waals surface area contributed by atoms with E-state index in [2.05, 4.69) is 65.3 Å². The Kier molecular flexibility index (Phi) is 7.13. The molecule has 2 saturated heterocycles. The van der Waals surface area contributed by atoms with Crippen LogP contribution in [0.25, 0.3) is 0 Å². The summed E-state index contributed by atoms with van der Waals surface area (Å²) >= 11 is 0. The molecule has 1 amide bonds. The van der Waals surface area contributed by atoms with Gasteiger partial charge in [-0.25, -0.2) is 0 Å². The van der Waals surface area contributed by atoms with Gasteiger partial charge in [0.2, 0.25) is 5.91 Å². The molecule has 1 aliphatic carbocycles. The number of carbonyl (C=O) groups excluding carboxylic acids is 1. The smallest absolute Gasteiger partial charge is 0.227 e. The Labute approximate surface area is 198 Å². The van der Waals surface area contributed by atoms with Crippen molar-refractivity contribution in [2.24, 2.45) is 5.92 Å². The molecule has 1 atom stereocenters. The Hall–Kier alpha value is -2.17. The van der Waals surface area contributed by atoms with E-state index in [1.165, 1.54) is 42.4 Å². The van der Waals surface area contributed by atoms with Crippen molar-refractivity contribution in [1.82, 2.24) is 9.80 Å². The van der Waals surface area contributed by atoms with Crippen LogP contribution < -0.4 is 0 Å². The van der Waals surface area contributed by atoms with E-state index in [0.717, 1.165) is 51.2 Å². The number of rotatable bonds is 7. The van der Waals surface area contributed by atoms with Crippen LogP contribution in [0.3, 0.4) is 0 Å². The molecule has 3 aliphatic rings. The van der Waals surface area contributed by atoms with E-state index in [1.54, 1.807) is 0 Å². The van der Waals surface area contributed by atoms with Gasteiger partial charge >= 0.3 is 0 Å². The maximum absolute atomic E-state index is 13.3. The number of fused-ring (bicyclic) bond motifs is 1. The van der Waals surface area contributed by atoms with E-state index in [4.69, 9.17) is 4.74 Å². The lowest BCUT2D eigenvalue weighted by Gasteiger charge is -2.38. The molecule has 2 aliphatic heterocycles. The average Bonchev–Trinajstić information content (AvgIpc) is 3.49. The predicted molar refractivity (Wildman–Crippen MR) is 132 cm³/mol. The third kappa shape index (κ3) is 5.67. The lowest BCUT2D eigenvalue weighted by molar-refractivity contribution is -0.133. The molecule has 0 spiro atoms. The minimum atomic E-state index is 0.212. The summed E-state index contributed by atoms with van der Waals surface area (Å²) in [5.74, 6) is 0.845. The van der Waals surface area contributed by atoms with Gasteiger partial charge in [-0.3, -0.25) is 9.69 Å². The minimum Gasteiger partial charge on any atom is -0.376 e. The predicted octanol–water partition coefficient (Wildman–Crippen LogP) is 4.42. The maximum Gasteiger partial charge on any atom is 0.227 e. The molecule has 5 rings (SSSR count). The number of hydrogen-bond acceptors (Lipinski definition) is 3. The Bertz CT molecular complexity index is 919. The summed E-state index contributed by atoms with van der Waals surface area (Å²) in [6.45, 7) is 6.87. The van der Waals surface area contributed by atoms with Gasteiger partial charge in [0, 0.05) is 25.7 Å². The van der Waals surface area contributed by atoms with Crippen LogP contribution in [0.15, 0.2) is 48.5 Å². The molecule has 0 saturated carbocycles. The largest absolute Gasteiger partial charge is 0.376 e. The van der Waals surface area contributed by atoms with E-state index in [-0.39, 0.29) is 12.0 Å². The standard InChI is InChI=1S/C29H38N2O2/c1-22-6-4-7-24(16-22)17-29(32)31(21-28-10-5-15-33-28)20-23-11-13-30(14-12-23)27-18-25-8-2-3-9-26(25)19-27/h2-4,6-9,16,23,27-28H,5,10-15,17-21H2,1H3/t28-/m1/s1. The van der Waals surface area contributed by atoms with Crippen LogP contribution in [0.1, 0.15) is 47.9 Å². The van der Waals surface area contributed by atoms with Crippen molar-refractivity contribution >= 4 is 5.91 Å². The van der Waals surface area contributed by atoms with Crippen LogP contribution in [0.5, 0.6) is 0 Å². The normalized spacial score (nSPS) is 21.9. The van der Waals surface area contributed by atoms with E-state index >= 15 is 0 Å². The van der Waals surface area contributed by atoms with E-state index in [0.29, 0.717) is 18.4 Å². The number of carbonyl (C=O) groups is 1. The number of piperidine rings is 1. The fraction of sp³-hybridized carbons (Fsp3) is 0.552. The molecular formula is C29H38N2O2. The van der Waals surface area contributed by atoms with Gasteiger partial charge < -0.3 is 9.64 Å². The molecule has 0 unspecified atom stereocenters. The van der Waals surface area contributed by atoms with E-state index in [1.807, 2.05) is 0 Å². The highest BCUT2D eigenvalue weighted by atomic mass is 16.5. The molecule has 0 N–H and O–H groups in total. The first-order valence-corrected chi connectivity index (χ1v) is 12.9. The number of ether oxygens (including phenoxy) is 1. The van der Waals surface area contributed by atoms with Gasteiger partial charge in [-0.1, -0.05) is 54.1 Å². The second-order valence-electron chi connectivity index (χ2n) is 10.4. The number of amides is 1. The number of likely N-dealkylation sites (tertiary alicyclic amines) is 1. The highest BCUT2D eigenvalue weighted by Gasteiger charge is 2.31. The molecule has 2 aromatic rings. The van der Waals surface area contributed by atoms with Gasteiger partial charge in [0.05, 0.1) is 12.5 Å². The van der Waals surface area contributed by atoms with Crippen LogP contribution in [0.2, 0.25) is 0 Å². The molecule has 0 bridgehead atoms. The van der Waals surface area contributed by atoms with Gasteiger partial charge in [0.1, 0.15) is 0 Å². The van der Waals surface area contributed by atoms with Gasteiger partial charge in [-0.05, 0) is 81.1 Å². The van der Waals surface area contributed by atoms with Crippen molar-refractivity contribution < 1.29 is 9.53 Å². The summed E-state index contributed by atoms with van der Waals surface area (Å²) in [5.41, 5.74) is 5.41. The zero-order valence-electron chi connectivity index (χ0n) is 20.0. The van der Waals surface area contributed by atoms with E-state index < -0.39 is 0 Å². The third-order valence-corrected chi connectivity index (χ3v) is 7.91. The summed E-state index contributed by atoms with van der Waals surface area (Å²) in [4.78, 5) is 18.2. The lowest BCUT2D eigenvalue weighted by Crippen LogP contribution is -2.46. The second-order valence-corrected chi connectivity index (χ2v) is 10.4. The Morgan fingerprint density at radius 3 is 2.42 bits per heavy atom. The lowest BCUT2D eigenvalue weighted by atomic mass is 9.94. The first kappa shape index (κ1) is 22.6. The SMILES string of the molecule is Cc1cccc(CC(=O)N(CC2CCN(C3Cc4ccccc4C3)CC2)C[C@H]2CCCO2)c1. The highest BCUT2D eigenvalue weighted by molar-refractivity contribution is 5.78. The number of nitrogens with zero attached hydrogens (tertiary/aromatic N) is 2. The van der Waals surface area contributed by atoms with Crippen molar-refractivity contribution in [3.05, 3.63) is 70.8 Å². The van der Waals surface area contributed by atoms with E-state index in [9.17, 15) is 4.79 Å². The summed E-state index contributed by atoms with van der Waals surface area (Å²) in [5, 5.41) is 0. The summed E-state index contributed by atoms with van der Waals surface area (Å²) < 4.78 is 5.91. The van der Waals surface area contributed by atoms with Gasteiger partial charge in [-0.2, -0.15) is 0 Å².